The molecule has 2 aromatic heterocycles. The zero-order valence-electron chi connectivity index (χ0n) is 13.5. The molecule has 0 aliphatic heterocycles. The van der Waals surface area contributed by atoms with Crippen LogP contribution in [0.4, 0.5) is 0 Å². The van der Waals surface area contributed by atoms with Crippen molar-refractivity contribution >= 4 is 27.3 Å². The Morgan fingerprint density at radius 3 is 2.79 bits per heavy atom. The second kappa shape index (κ2) is 5.98. The number of benzene rings is 1. The average molecular weight is 338 g/mol. The molecular formula is C19H18N2O2S. The molecule has 0 saturated carbocycles. The fourth-order valence-corrected chi connectivity index (χ4v) is 4.61. The molecule has 2 heterocycles. The van der Waals surface area contributed by atoms with Gasteiger partial charge < -0.3 is 0 Å². The van der Waals surface area contributed by atoms with E-state index in [-0.39, 0.29) is 11.3 Å². The molecule has 0 fully saturated rings. The Hall–Kier alpha value is -2.27. The molecule has 0 amide bonds. The van der Waals surface area contributed by atoms with Crippen molar-refractivity contribution in [3.8, 4) is 11.4 Å². The molecule has 0 atom stereocenters. The van der Waals surface area contributed by atoms with Gasteiger partial charge in [-0.3, -0.25) is 14.2 Å². The van der Waals surface area contributed by atoms with Gasteiger partial charge in [0.05, 0.1) is 5.39 Å². The maximum atomic E-state index is 13.2. The van der Waals surface area contributed by atoms with Gasteiger partial charge in [-0.25, -0.2) is 4.98 Å². The van der Waals surface area contributed by atoms with Crippen molar-refractivity contribution in [2.45, 2.75) is 39.2 Å². The zero-order chi connectivity index (χ0) is 16.7. The second-order valence-corrected chi connectivity index (χ2v) is 7.33. The van der Waals surface area contributed by atoms with Crippen LogP contribution in [0.3, 0.4) is 0 Å². The minimum absolute atomic E-state index is 0.000460. The van der Waals surface area contributed by atoms with E-state index >= 15 is 0 Å². The van der Waals surface area contributed by atoms with E-state index in [0.717, 1.165) is 35.0 Å². The third-order valence-corrected chi connectivity index (χ3v) is 5.73. The Bertz CT molecular complexity index is 986. The maximum absolute atomic E-state index is 13.2. The second-order valence-electron chi connectivity index (χ2n) is 6.25. The fourth-order valence-electron chi connectivity index (χ4n) is 3.36. The van der Waals surface area contributed by atoms with Crippen LogP contribution in [0.5, 0.6) is 0 Å². The van der Waals surface area contributed by atoms with Crippen molar-refractivity contribution in [3.63, 3.8) is 0 Å². The number of thiophene rings is 1. The standard InChI is InChI=1S/C19H18N2O2S/c1-12(22)10-11-21-17(13-6-3-2-4-7-13)20-18-16(19(21)23)14-8-5-9-15(14)24-18/h2-4,6-7H,5,8-11H2,1H3. The molecule has 122 valence electrons. The molecule has 3 aromatic rings. The summed E-state index contributed by atoms with van der Waals surface area (Å²) in [6, 6.07) is 9.74. The van der Waals surface area contributed by atoms with Gasteiger partial charge in [0.1, 0.15) is 16.4 Å². The Morgan fingerprint density at radius 1 is 1.25 bits per heavy atom. The van der Waals surface area contributed by atoms with Gasteiger partial charge in [0.15, 0.2) is 0 Å². The van der Waals surface area contributed by atoms with Crippen LogP contribution >= 0.6 is 11.3 Å². The quantitative estimate of drug-likeness (QED) is 0.730. The maximum Gasteiger partial charge on any atom is 0.262 e. The summed E-state index contributed by atoms with van der Waals surface area (Å²) in [7, 11) is 0. The van der Waals surface area contributed by atoms with Crippen LogP contribution in [0, 0.1) is 0 Å². The average Bonchev–Trinajstić information content (AvgIpc) is 3.14. The van der Waals surface area contributed by atoms with E-state index in [0.29, 0.717) is 18.8 Å². The van der Waals surface area contributed by atoms with E-state index in [9.17, 15) is 9.59 Å². The first-order chi connectivity index (χ1) is 11.6. The van der Waals surface area contributed by atoms with Crippen LogP contribution in [-0.2, 0) is 24.2 Å². The molecule has 1 aliphatic rings. The highest BCUT2D eigenvalue weighted by atomic mass is 32.1. The third kappa shape index (κ3) is 2.49. The van der Waals surface area contributed by atoms with Gasteiger partial charge in [-0.15, -0.1) is 11.3 Å². The van der Waals surface area contributed by atoms with Gasteiger partial charge in [0.25, 0.3) is 5.56 Å². The molecule has 4 nitrogen and oxygen atoms in total. The normalized spacial score (nSPS) is 13.4. The lowest BCUT2D eigenvalue weighted by atomic mass is 10.1. The first-order valence-corrected chi connectivity index (χ1v) is 9.06. The fraction of sp³-hybridized carbons (Fsp3) is 0.316. The summed E-state index contributed by atoms with van der Waals surface area (Å²) >= 11 is 1.65. The Labute approximate surface area is 143 Å². The monoisotopic (exact) mass is 338 g/mol. The van der Waals surface area contributed by atoms with E-state index in [1.807, 2.05) is 30.3 Å². The van der Waals surface area contributed by atoms with E-state index in [4.69, 9.17) is 4.98 Å². The number of aromatic nitrogens is 2. The van der Waals surface area contributed by atoms with Gasteiger partial charge in [-0.2, -0.15) is 0 Å². The molecule has 0 unspecified atom stereocenters. The number of rotatable bonds is 4. The molecule has 0 spiro atoms. The Kier molecular flexibility index (Phi) is 3.81. The molecule has 0 saturated heterocycles. The van der Waals surface area contributed by atoms with Gasteiger partial charge in [0, 0.05) is 23.4 Å². The topological polar surface area (TPSA) is 52.0 Å². The predicted molar refractivity (Wildman–Crippen MR) is 96.6 cm³/mol. The van der Waals surface area contributed by atoms with Crippen LogP contribution in [-0.4, -0.2) is 15.3 Å². The molecule has 4 rings (SSSR count). The van der Waals surface area contributed by atoms with E-state index < -0.39 is 0 Å². The number of fused-ring (bicyclic) bond motifs is 3. The lowest BCUT2D eigenvalue weighted by Gasteiger charge is -2.12. The van der Waals surface area contributed by atoms with Crippen molar-refractivity contribution < 1.29 is 4.79 Å². The highest BCUT2D eigenvalue weighted by Gasteiger charge is 2.23. The van der Waals surface area contributed by atoms with Gasteiger partial charge in [-0.05, 0) is 31.7 Å². The van der Waals surface area contributed by atoms with E-state index in [1.165, 1.54) is 10.4 Å². The number of hydrogen-bond donors (Lipinski definition) is 0. The number of ketones is 1. The van der Waals surface area contributed by atoms with Crippen molar-refractivity contribution in [2.75, 3.05) is 0 Å². The molecule has 0 N–H and O–H groups in total. The van der Waals surface area contributed by atoms with Crippen molar-refractivity contribution in [1.82, 2.24) is 9.55 Å². The van der Waals surface area contributed by atoms with Gasteiger partial charge in [0.2, 0.25) is 0 Å². The highest BCUT2D eigenvalue weighted by Crippen LogP contribution is 2.35. The third-order valence-electron chi connectivity index (χ3n) is 4.54. The molecule has 0 bridgehead atoms. The molecule has 1 aliphatic carbocycles. The number of nitrogens with zero attached hydrogens (tertiary/aromatic N) is 2. The Balaban J connectivity index is 1.98. The lowest BCUT2D eigenvalue weighted by Crippen LogP contribution is -2.24. The van der Waals surface area contributed by atoms with Crippen LogP contribution in [0.1, 0.15) is 30.2 Å². The molecule has 5 heteroatoms. The number of carbonyl (C=O) groups excluding carboxylic acids is 1. The summed E-state index contributed by atoms with van der Waals surface area (Å²) < 4.78 is 1.68. The van der Waals surface area contributed by atoms with Gasteiger partial charge in [-0.1, -0.05) is 30.3 Å². The summed E-state index contributed by atoms with van der Waals surface area (Å²) in [4.78, 5) is 31.6. The van der Waals surface area contributed by atoms with Crippen LogP contribution in [0.2, 0.25) is 0 Å². The minimum atomic E-state index is -0.000460. The minimum Gasteiger partial charge on any atom is -0.300 e. The van der Waals surface area contributed by atoms with E-state index in [2.05, 4.69) is 0 Å². The van der Waals surface area contributed by atoms with Crippen molar-refractivity contribution in [1.29, 1.82) is 0 Å². The molecule has 0 radical (unpaired) electrons. The van der Waals surface area contributed by atoms with Crippen molar-refractivity contribution in [3.05, 3.63) is 51.1 Å². The highest BCUT2D eigenvalue weighted by molar-refractivity contribution is 7.18. The molecule has 1 aromatic carbocycles. The van der Waals surface area contributed by atoms with Crippen LogP contribution < -0.4 is 5.56 Å². The first-order valence-electron chi connectivity index (χ1n) is 8.25. The lowest BCUT2D eigenvalue weighted by molar-refractivity contribution is -0.117. The summed E-state index contributed by atoms with van der Waals surface area (Å²) in [6.07, 6.45) is 3.47. The predicted octanol–water partition coefficient (Wildman–Crippen LogP) is 3.59. The van der Waals surface area contributed by atoms with Gasteiger partial charge >= 0.3 is 0 Å². The zero-order valence-corrected chi connectivity index (χ0v) is 14.4. The summed E-state index contributed by atoms with van der Waals surface area (Å²) in [5.74, 6) is 0.742. The number of carbonyl (C=O) groups is 1. The number of aryl methyl sites for hydroxylation is 2. The number of hydrogen-bond acceptors (Lipinski definition) is 4. The smallest absolute Gasteiger partial charge is 0.262 e. The molecular weight excluding hydrogens is 320 g/mol. The number of Topliss-reactive ketones (excluding diaryl/α,β-unsaturated/α-hetero) is 1. The largest absolute Gasteiger partial charge is 0.300 e. The molecule has 24 heavy (non-hydrogen) atoms. The van der Waals surface area contributed by atoms with Crippen LogP contribution in [0.15, 0.2) is 35.1 Å². The first kappa shape index (κ1) is 15.3. The van der Waals surface area contributed by atoms with E-state index in [1.54, 1.807) is 22.8 Å². The summed E-state index contributed by atoms with van der Waals surface area (Å²) in [5.41, 5.74) is 2.09. The summed E-state index contributed by atoms with van der Waals surface area (Å²) in [6.45, 7) is 1.94. The van der Waals surface area contributed by atoms with Crippen molar-refractivity contribution in [2.24, 2.45) is 0 Å². The Morgan fingerprint density at radius 2 is 2.04 bits per heavy atom. The SMILES string of the molecule is CC(=O)CCn1c(-c2ccccc2)nc2sc3c(c2c1=O)CCC3. The summed E-state index contributed by atoms with van der Waals surface area (Å²) in [5, 5.41) is 0.774. The van der Waals surface area contributed by atoms with Crippen LogP contribution in [0.25, 0.3) is 21.6 Å².